The predicted octanol–water partition coefficient (Wildman–Crippen LogP) is 4.14. The highest BCUT2D eigenvalue weighted by Crippen LogP contribution is 2.23. The molecule has 0 aliphatic carbocycles. The van der Waals surface area contributed by atoms with Crippen molar-refractivity contribution in [2.24, 2.45) is 0 Å². The van der Waals surface area contributed by atoms with Crippen LogP contribution in [0.15, 0.2) is 60.8 Å². The minimum atomic E-state index is -0.291. The summed E-state index contributed by atoms with van der Waals surface area (Å²) in [5.74, 6) is 1.23. The molecule has 7 heteroatoms. The van der Waals surface area contributed by atoms with Crippen LogP contribution >= 0.6 is 0 Å². The molecule has 0 saturated heterocycles. The molecule has 0 saturated carbocycles. The Labute approximate surface area is 168 Å². The maximum absolute atomic E-state index is 12.9. The Morgan fingerprint density at radius 2 is 1.69 bits per heavy atom. The number of carbonyl (C=O) groups is 1. The molecule has 6 nitrogen and oxygen atoms in total. The van der Waals surface area contributed by atoms with E-state index in [1.807, 2.05) is 0 Å². The van der Waals surface area contributed by atoms with Crippen molar-refractivity contribution in [3.8, 4) is 11.5 Å². The summed E-state index contributed by atoms with van der Waals surface area (Å²) < 4.78 is 23.3. The molecule has 2 aromatic carbocycles. The third-order valence-corrected chi connectivity index (χ3v) is 4.27. The summed E-state index contributed by atoms with van der Waals surface area (Å²) in [4.78, 5) is 16.8. The molecule has 0 aliphatic rings. The molecule has 0 aliphatic heterocycles. The van der Waals surface area contributed by atoms with Crippen molar-refractivity contribution >= 4 is 17.4 Å². The Morgan fingerprint density at radius 1 is 1.00 bits per heavy atom. The molecule has 1 aromatic heterocycles. The zero-order valence-electron chi connectivity index (χ0n) is 16.2. The fourth-order valence-corrected chi connectivity index (χ4v) is 2.70. The number of aromatic nitrogens is 1. The van der Waals surface area contributed by atoms with E-state index in [2.05, 4.69) is 15.6 Å². The van der Waals surface area contributed by atoms with Gasteiger partial charge in [-0.05, 0) is 48.4 Å². The van der Waals surface area contributed by atoms with Crippen LogP contribution in [0.1, 0.15) is 15.9 Å². The maximum atomic E-state index is 12.9. The van der Waals surface area contributed by atoms with Crippen molar-refractivity contribution in [2.45, 2.75) is 6.42 Å². The molecule has 3 aromatic rings. The number of benzene rings is 2. The standard InChI is InChI=1S/C22H22FN3O3/c1-28-19-11-16(12-20(13-19)29-2)22(27)26-18-7-8-21(25-14-18)24-10-9-15-3-5-17(23)6-4-15/h3-8,11-14H,9-10H2,1-2H3,(H,24,25)(H,26,27). The molecule has 0 unspecified atom stereocenters. The van der Waals surface area contributed by atoms with Gasteiger partial charge in [-0.1, -0.05) is 12.1 Å². The van der Waals surface area contributed by atoms with Crippen LogP contribution in [0.5, 0.6) is 11.5 Å². The predicted molar refractivity (Wildman–Crippen MR) is 110 cm³/mol. The molecular weight excluding hydrogens is 373 g/mol. The second kappa shape index (κ2) is 9.54. The van der Waals surface area contributed by atoms with E-state index in [4.69, 9.17) is 9.47 Å². The van der Waals surface area contributed by atoms with Crippen LogP contribution in [-0.4, -0.2) is 31.7 Å². The Morgan fingerprint density at radius 3 is 2.28 bits per heavy atom. The normalized spacial score (nSPS) is 10.3. The van der Waals surface area contributed by atoms with E-state index >= 15 is 0 Å². The monoisotopic (exact) mass is 395 g/mol. The number of hydrogen-bond acceptors (Lipinski definition) is 5. The lowest BCUT2D eigenvalue weighted by atomic mass is 10.1. The van der Waals surface area contributed by atoms with Crippen LogP contribution in [-0.2, 0) is 6.42 Å². The van der Waals surface area contributed by atoms with Gasteiger partial charge in [0.1, 0.15) is 23.1 Å². The molecule has 2 N–H and O–H groups in total. The molecule has 29 heavy (non-hydrogen) atoms. The summed E-state index contributed by atoms with van der Waals surface area (Å²) in [5.41, 5.74) is 2.03. The number of anilines is 2. The van der Waals surface area contributed by atoms with Crippen LogP contribution in [0.4, 0.5) is 15.9 Å². The van der Waals surface area contributed by atoms with Crippen LogP contribution in [0.25, 0.3) is 0 Å². The lowest BCUT2D eigenvalue weighted by molar-refractivity contribution is 0.102. The van der Waals surface area contributed by atoms with Crippen LogP contribution in [0.3, 0.4) is 0 Å². The number of pyridine rings is 1. The lowest BCUT2D eigenvalue weighted by Gasteiger charge is -2.10. The van der Waals surface area contributed by atoms with Crippen molar-refractivity contribution in [3.63, 3.8) is 0 Å². The van der Waals surface area contributed by atoms with Gasteiger partial charge in [0.2, 0.25) is 0 Å². The smallest absolute Gasteiger partial charge is 0.255 e. The van der Waals surface area contributed by atoms with Crippen LogP contribution in [0, 0.1) is 5.82 Å². The van der Waals surface area contributed by atoms with Gasteiger partial charge < -0.3 is 20.1 Å². The first-order valence-electron chi connectivity index (χ1n) is 9.06. The molecule has 1 amide bonds. The highest BCUT2D eigenvalue weighted by Gasteiger charge is 2.10. The largest absolute Gasteiger partial charge is 0.497 e. The number of nitrogens with one attached hydrogen (secondary N) is 2. The van der Waals surface area contributed by atoms with Crippen LogP contribution in [0.2, 0.25) is 0 Å². The number of rotatable bonds is 8. The molecule has 0 spiro atoms. The van der Waals surface area contributed by atoms with Gasteiger partial charge >= 0.3 is 0 Å². The Balaban J connectivity index is 1.56. The number of amides is 1. The highest BCUT2D eigenvalue weighted by molar-refractivity contribution is 6.04. The van der Waals surface area contributed by atoms with Gasteiger partial charge in [-0.25, -0.2) is 9.37 Å². The molecular formula is C22H22FN3O3. The summed E-state index contributed by atoms with van der Waals surface area (Å²) in [6, 6.07) is 14.9. The van der Waals surface area contributed by atoms with E-state index in [1.165, 1.54) is 26.4 Å². The minimum absolute atomic E-state index is 0.242. The van der Waals surface area contributed by atoms with Crippen molar-refractivity contribution in [2.75, 3.05) is 31.4 Å². The fraction of sp³-hybridized carbons (Fsp3) is 0.182. The number of halogens is 1. The van der Waals surface area contributed by atoms with E-state index in [0.717, 1.165) is 12.0 Å². The average Bonchev–Trinajstić information content (AvgIpc) is 2.76. The average molecular weight is 395 g/mol. The number of nitrogens with zero attached hydrogens (tertiary/aromatic N) is 1. The second-order valence-electron chi connectivity index (χ2n) is 6.29. The van der Waals surface area contributed by atoms with Crippen molar-refractivity contribution in [1.29, 1.82) is 0 Å². The van der Waals surface area contributed by atoms with Gasteiger partial charge in [0.25, 0.3) is 5.91 Å². The van der Waals surface area contributed by atoms with Crippen molar-refractivity contribution < 1.29 is 18.7 Å². The third-order valence-electron chi connectivity index (χ3n) is 4.27. The molecule has 3 rings (SSSR count). The van der Waals surface area contributed by atoms with E-state index in [0.29, 0.717) is 35.1 Å². The van der Waals surface area contributed by atoms with E-state index in [1.54, 1.807) is 48.7 Å². The Kier molecular flexibility index (Phi) is 6.63. The zero-order valence-corrected chi connectivity index (χ0v) is 16.2. The minimum Gasteiger partial charge on any atom is -0.497 e. The molecule has 0 atom stereocenters. The summed E-state index contributed by atoms with van der Waals surface area (Å²) in [5, 5.41) is 6.00. The quantitative estimate of drug-likeness (QED) is 0.600. The first-order chi connectivity index (χ1) is 14.1. The second-order valence-corrected chi connectivity index (χ2v) is 6.29. The van der Waals surface area contributed by atoms with Gasteiger partial charge in [0.05, 0.1) is 26.1 Å². The first kappa shape index (κ1) is 20.1. The van der Waals surface area contributed by atoms with Gasteiger partial charge in [0, 0.05) is 18.2 Å². The van der Waals surface area contributed by atoms with E-state index in [-0.39, 0.29) is 11.7 Å². The summed E-state index contributed by atoms with van der Waals surface area (Å²) >= 11 is 0. The molecule has 150 valence electrons. The molecule has 0 radical (unpaired) electrons. The summed E-state index contributed by atoms with van der Waals surface area (Å²) in [6.07, 6.45) is 2.33. The fourth-order valence-electron chi connectivity index (χ4n) is 2.70. The van der Waals surface area contributed by atoms with E-state index < -0.39 is 0 Å². The van der Waals surface area contributed by atoms with Gasteiger partial charge in [0.15, 0.2) is 0 Å². The molecule has 0 fully saturated rings. The van der Waals surface area contributed by atoms with Gasteiger partial charge in [-0.2, -0.15) is 0 Å². The lowest BCUT2D eigenvalue weighted by Crippen LogP contribution is -2.13. The highest BCUT2D eigenvalue weighted by atomic mass is 19.1. The Hall–Kier alpha value is -3.61. The zero-order chi connectivity index (χ0) is 20.6. The van der Waals surface area contributed by atoms with Crippen molar-refractivity contribution in [3.05, 3.63) is 77.7 Å². The summed E-state index contributed by atoms with van der Waals surface area (Å²) in [7, 11) is 3.06. The number of ether oxygens (including phenoxy) is 2. The SMILES string of the molecule is COc1cc(OC)cc(C(=O)Nc2ccc(NCCc3ccc(F)cc3)nc2)c1. The third kappa shape index (κ3) is 5.68. The molecule has 0 bridgehead atoms. The van der Waals surface area contributed by atoms with Gasteiger partial charge in [-0.15, -0.1) is 0 Å². The van der Waals surface area contributed by atoms with E-state index in [9.17, 15) is 9.18 Å². The maximum Gasteiger partial charge on any atom is 0.255 e. The number of methoxy groups -OCH3 is 2. The summed E-state index contributed by atoms with van der Waals surface area (Å²) in [6.45, 7) is 0.661. The van der Waals surface area contributed by atoms with Crippen molar-refractivity contribution in [1.82, 2.24) is 4.98 Å². The molecule has 1 heterocycles. The first-order valence-corrected chi connectivity index (χ1v) is 9.06. The number of hydrogen-bond donors (Lipinski definition) is 2. The van der Waals surface area contributed by atoms with Crippen LogP contribution < -0.4 is 20.1 Å². The topological polar surface area (TPSA) is 72.5 Å². The number of carbonyl (C=O) groups excluding carboxylic acids is 1. The Bertz CT molecular complexity index is 938. The van der Waals surface area contributed by atoms with Gasteiger partial charge in [-0.3, -0.25) is 4.79 Å².